The van der Waals surface area contributed by atoms with Crippen molar-refractivity contribution in [1.29, 1.82) is 0 Å². The molecule has 0 aliphatic heterocycles. The number of hydrogen-bond acceptors (Lipinski definition) is 4. The van der Waals surface area contributed by atoms with Crippen molar-refractivity contribution in [1.82, 2.24) is 9.55 Å². The minimum atomic E-state index is -0.283. The van der Waals surface area contributed by atoms with E-state index < -0.39 is 0 Å². The molecule has 0 unspecified atom stereocenters. The van der Waals surface area contributed by atoms with Crippen molar-refractivity contribution >= 4 is 11.9 Å². The molecule has 0 saturated carbocycles. The summed E-state index contributed by atoms with van der Waals surface area (Å²) in [4.78, 5) is 28.1. The second-order valence-corrected chi connectivity index (χ2v) is 7.09. The van der Waals surface area contributed by atoms with E-state index in [1.165, 1.54) is 10.6 Å². The Labute approximate surface area is 185 Å². The smallest absolute Gasteiger partial charge is 0.330 e. The number of carbonyl (C=O) groups is 1. The summed E-state index contributed by atoms with van der Waals surface area (Å²) in [7, 11) is 3.21. The number of rotatable bonds is 7. The van der Waals surface area contributed by atoms with Crippen molar-refractivity contribution in [3.8, 4) is 28.4 Å². The van der Waals surface area contributed by atoms with Gasteiger partial charge in [-0.15, -0.1) is 0 Å². The first-order valence-corrected chi connectivity index (χ1v) is 10.0. The number of hydrogen-bond donors (Lipinski definition) is 1. The highest BCUT2D eigenvalue weighted by molar-refractivity contribution is 6.07. The van der Waals surface area contributed by atoms with Crippen LogP contribution in [0, 0.1) is 0 Å². The fraction of sp³-hybridized carbons (Fsp3) is 0.0769. The third kappa shape index (κ3) is 4.54. The van der Waals surface area contributed by atoms with Crippen LogP contribution in [0.4, 0.5) is 0 Å². The number of allylic oxidation sites excluding steroid dienone is 1. The Hall–Kier alpha value is -4.32. The van der Waals surface area contributed by atoms with Gasteiger partial charge in [-0.2, -0.15) is 0 Å². The van der Waals surface area contributed by atoms with Gasteiger partial charge < -0.3 is 14.5 Å². The largest absolute Gasteiger partial charge is 0.497 e. The van der Waals surface area contributed by atoms with Crippen LogP contribution in [-0.2, 0) is 0 Å². The van der Waals surface area contributed by atoms with E-state index in [0.717, 1.165) is 22.6 Å². The lowest BCUT2D eigenvalue weighted by atomic mass is 10.1. The van der Waals surface area contributed by atoms with Crippen LogP contribution in [0.3, 0.4) is 0 Å². The highest BCUT2D eigenvalue weighted by atomic mass is 16.5. The molecule has 3 aromatic carbocycles. The molecule has 0 atom stereocenters. The van der Waals surface area contributed by atoms with E-state index >= 15 is 0 Å². The van der Waals surface area contributed by atoms with E-state index in [2.05, 4.69) is 4.98 Å². The predicted molar refractivity (Wildman–Crippen MR) is 125 cm³/mol. The average Bonchev–Trinajstić information content (AvgIpc) is 3.24. The Balaban J connectivity index is 1.57. The van der Waals surface area contributed by atoms with Crippen LogP contribution >= 0.6 is 0 Å². The van der Waals surface area contributed by atoms with Crippen LogP contribution in [-0.4, -0.2) is 29.6 Å². The minimum absolute atomic E-state index is 0.151. The number of aromatic nitrogens is 2. The number of methoxy groups -OCH3 is 2. The maximum atomic E-state index is 12.7. The lowest BCUT2D eigenvalue weighted by molar-refractivity contribution is 0.104. The number of aromatic amines is 1. The van der Waals surface area contributed by atoms with Gasteiger partial charge in [0.15, 0.2) is 5.78 Å². The summed E-state index contributed by atoms with van der Waals surface area (Å²) in [5.41, 5.74) is 3.24. The summed E-state index contributed by atoms with van der Waals surface area (Å²) < 4.78 is 11.8. The summed E-state index contributed by atoms with van der Waals surface area (Å²) in [6.07, 6.45) is 4.99. The Morgan fingerprint density at radius 1 is 0.906 bits per heavy atom. The van der Waals surface area contributed by atoms with Gasteiger partial charge in [0.1, 0.15) is 11.5 Å². The van der Waals surface area contributed by atoms with E-state index in [0.29, 0.717) is 16.9 Å². The molecule has 32 heavy (non-hydrogen) atoms. The second-order valence-electron chi connectivity index (χ2n) is 7.09. The van der Waals surface area contributed by atoms with Gasteiger partial charge in [-0.1, -0.05) is 30.3 Å². The zero-order chi connectivity index (χ0) is 22.5. The molecule has 0 amide bonds. The first kappa shape index (κ1) is 20.9. The molecule has 4 aromatic rings. The molecule has 0 bridgehead atoms. The first-order chi connectivity index (χ1) is 15.6. The summed E-state index contributed by atoms with van der Waals surface area (Å²) in [6.45, 7) is 0. The molecule has 1 N–H and O–H groups in total. The van der Waals surface area contributed by atoms with Gasteiger partial charge in [-0.25, -0.2) is 4.79 Å². The number of imidazole rings is 1. The van der Waals surface area contributed by atoms with Crippen molar-refractivity contribution < 1.29 is 14.3 Å². The van der Waals surface area contributed by atoms with Crippen molar-refractivity contribution in [2.45, 2.75) is 0 Å². The molecule has 160 valence electrons. The normalized spacial score (nSPS) is 10.9. The number of ketones is 1. The topological polar surface area (TPSA) is 73.3 Å². The highest BCUT2D eigenvalue weighted by Gasteiger charge is 2.10. The first-order valence-electron chi connectivity index (χ1n) is 10.0. The van der Waals surface area contributed by atoms with Gasteiger partial charge >= 0.3 is 5.69 Å². The molecule has 4 rings (SSSR count). The fourth-order valence-corrected chi connectivity index (χ4v) is 3.30. The number of carbonyl (C=O) groups excluding carboxylic acids is 1. The van der Waals surface area contributed by atoms with Crippen molar-refractivity contribution in [2.75, 3.05) is 14.2 Å². The molecule has 1 heterocycles. The molecular weight excluding hydrogens is 404 g/mol. The number of ether oxygens (including phenoxy) is 2. The maximum absolute atomic E-state index is 12.7. The molecule has 0 spiro atoms. The third-order valence-corrected chi connectivity index (χ3v) is 5.07. The number of nitrogens with one attached hydrogen (secondary N) is 1. The van der Waals surface area contributed by atoms with Crippen molar-refractivity contribution in [3.63, 3.8) is 0 Å². The van der Waals surface area contributed by atoms with Gasteiger partial charge in [0.05, 0.1) is 25.6 Å². The molecule has 0 aliphatic rings. The number of benzene rings is 3. The third-order valence-electron chi connectivity index (χ3n) is 5.07. The van der Waals surface area contributed by atoms with Crippen LogP contribution in [0.2, 0.25) is 0 Å². The van der Waals surface area contributed by atoms with Crippen LogP contribution in [0.5, 0.6) is 11.5 Å². The monoisotopic (exact) mass is 426 g/mol. The number of H-pyrrole nitrogens is 1. The van der Waals surface area contributed by atoms with Gasteiger partial charge in [0, 0.05) is 11.8 Å². The summed E-state index contributed by atoms with van der Waals surface area (Å²) >= 11 is 0. The van der Waals surface area contributed by atoms with Gasteiger partial charge in [-0.3, -0.25) is 9.36 Å². The highest BCUT2D eigenvalue weighted by Crippen LogP contribution is 2.21. The standard InChI is InChI=1S/C26H22N2O4/c1-31-22-11-6-18(7-12-22)8-15-25(29)20-4-3-5-21(16-20)28-17-24(27-26(28)30)19-9-13-23(32-2)14-10-19/h3-17H,1-2H3,(H,27,30). The Bertz CT molecular complexity index is 1310. The fourth-order valence-electron chi connectivity index (χ4n) is 3.30. The molecule has 0 radical (unpaired) electrons. The minimum Gasteiger partial charge on any atom is -0.497 e. The Morgan fingerprint density at radius 3 is 2.22 bits per heavy atom. The van der Waals surface area contributed by atoms with Crippen molar-refractivity contribution in [2.24, 2.45) is 0 Å². The summed E-state index contributed by atoms with van der Waals surface area (Å²) in [5.74, 6) is 1.35. The summed E-state index contributed by atoms with van der Waals surface area (Å²) in [5, 5.41) is 0. The Morgan fingerprint density at radius 2 is 1.56 bits per heavy atom. The SMILES string of the molecule is COc1ccc(C=CC(=O)c2cccc(-n3cc(-c4ccc(OC)cc4)[nH]c3=O)c2)cc1. The van der Waals surface area contributed by atoms with E-state index in [1.807, 2.05) is 48.5 Å². The van der Waals surface area contributed by atoms with E-state index in [-0.39, 0.29) is 11.5 Å². The van der Waals surface area contributed by atoms with Crippen LogP contribution < -0.4 is 15.2 Å². The van der Waals surface area contributed by atoms with Gasteiger partial charge in [0.25, 0.3) is 0 Å². The molecule has 0 fully saturated rings. The molecule has 1 aromatic heterocycles. The van der Waals surface area contributed by atoms with Crippen LogP contribution in [0.1, 0.15) is 15.9 Å². The van der Waals surface area contributed by atoms with Gasteiger partial charge in [0.2, 0.25) is 0 Å². The van der Waals surface area contributed by atoms with E-state index in [1.54, 1.807) is 50.8 Å². The lowest BCUT2D eigenvalue weighted by Crippen LogP contribution is -2.14. The molecule has 0 aliphatic carbocycles. The molecular formula is C26H22N2O4. The molecule has 0 saturated heterocycles. The van der Waals surface area contributed by atoms with E-state index in [9.17, 15) is 9.59 Å². The predicted octanol–water partition coefficient (Wildman–Crippen LogP) is 4.75. The zero-order valence-corrected chi connectivity index (χ0v) is 17.7. The lowest BCUT2D eigenvalue weighted by Gasteiger charge is -2.04. The second kappa shape index (κ2) is 9.22. The average molecular weight is 426 g/mol. The number of nitrogens with zero attached hydrogens (tertiary/aromatic N) is 1. The maximum Gasteiger partial charge on any atom is 0.330 e. The quantitative estimate of drug-likeness (QED) is 0.342. The molecule has 6 heteroatoms. The van der Waals surface area contributed by atoms with Crippen molar-refractivity contribution in [3.05, 3.63) is 107 Å². The Kier molecular flexibility index (Phi) is 6.03. The molecule has 6 nitrogen and oxygen atoms in total. The van der Waals surface area contributed by atoms with Crippen LogP contribution in [0.25, 0.3) is 23.0 Å². The van der Waals surface area contributed by atoms with E-state index in [4.69, 9.17) is 9.47 Å². The van der Waals surface area contributed by atoms with Gasteiger partial charge in [-0.05, 0) is 65.7 Å². The zero-order valence-electron chi connectivity index (χ0n) is 17.7. The summed E-state index contributed by atoms with van der Waals surface area (Å²) in [6, 6.07) is 21.8. The van der Waals surface area contributed by atoms with Crippen LogP contribution in [0.15, 0.2) is 89.9 Å².